The van der Waals surface area contributed by atoms with Gasteiger partial charge in [-0.15, -0.1) is 0 Å². The number of aromatic nitrogens is 1. The van der Waals surface area contributed by atoms with E-state index in [0.29, 0.717) is 26.2 Å². The third-order valence-corrected chi connectivity index (χ3v) is 5.07. The van der Waals surface area contributed by atoms with Gasteiger partial charge in [0.25, 0.3) is 9.24 Å². The summed E-state index contributed by atoms with van der Waals surface area (Å²) in [6.45, 7) is 2.08. The van der Waals surface area contributed by atoms with Crippen LogP contribution in [0.2, 0.25) is 0 Å². The van der Waals surface area contributed by atoms with Crippen LogP contribution in [0.3, 0.4) is 0 Å². The van der Waals surface area contributed by atoms with Gasteiger partial charge in [0.05, 0.1) is 5.52 Å². The van der Waals surface area contributed by atoms with Crippen molar-refractivity contribution in [1.82, 2.24) is 9.29 Å². The molecule has 0 saturated carbocycles. The number of pyridine rings is 1. The summed E-state index contributed by atoms with van der Waals surface area (Å²) in [7, 11) is 1.75. The van der Waals surface area contributed by atoms with Crippen molar-refractivity contribution in [1.29, 1.82) is 0 Å². The molecule has 0 radical (unpaired) electrons. The number of benzene rings is 1. The van der Waals surface area contributed by atoms with Crippen LogP contribution in [0, 0.1) is 0 Å². The molecular weight excluding hydrogens is 298 g/mol. The minimum absolute atomic E-state index is 0.409. The van der Waals surface area contributed by atoms with Crippen molar-refractivity contribution in [2.75, 3.05) is 31.1 Å². The Morgan fingerprint density at radius 2 is 1.85 bits per heavy atom. The lowest BCUT2D eigenvalue weighted by atomic mass is 10.2. The zero-order valence-corrected chi connectivity index (χ0v) is 12.3. The average Bonchev–Trinajstić information content (AvgIpc) is 2.46. The minimum atomic E-state index is -3.60. The average molecular weight is 312 g/mol. The normalized spacial score (nSPS) is 17.6. The summed E-state index contributed by atoms with van der Waals surface area (Å²) < 4.78 is 23.8. The van der Waals surface area contributed by atoms with Gasteiger partial charge in [-0.05, 0) is 18.2 Å². The third kappa shape index (κ3) is 2.72. The second-order valence-corrected chi connectivity index (χ2v) is 7.22. The summed E-state index contributed by atoms with van der Waals surface area (Å²) in [5.41, 5.74) is 2.00. The second-order valence-electron chi connectivity index (χ2n) is 4.71. The Hall–Kier alpha value is -1.37. The van der Waals surface area contributed by atoms with E-state index in [0.717, 1.165) is 16.6 Å². The smallest absolute Gasteiger partial charge is 0.299 e. The SMILES string of the molecule is O=S(=O)(Cl)N1CCN(c2ccc3cccnc3c2)CC1. The summed E-state index contributed by atoms with van der Waals surface area (Å²) in [6.07, 6.45) is 1.77. The van der Waals surface area contributed by atoms with Gasteiger partial charge in [0.1, 0.15) is 0 Å². The number of nitrogens with zero attached hydrogens (tertiary/aromatic N) is 3. The van der Waals surface area contributed by atoms with Crippen LogP contribution in [-0.2, 0) is 9.24 Å². The number of fused-ring (bicyclic) bond motifs is 1. The second kappa shape index (κ2) is 5.20. The fourth-order valence-corrected chi connectivity index (χ4v) is 3.43. The van der Waals surface area contributed by atoms with Crippen molar-refractivity contribution in [3.63, 3.8) is 0 Å². The van der Waals surface area contributed by atoms with E-state index in [1.165, 1.54) is 4.31 Å². The van der Waals surface area contributed by atoms with E-state index in [9.17, 15) is 8.42 Å². The molecule has 1 saturated heterocycles. The topological polar surface area (TPSA) is 53.5 Å². The largest absolute Gasteiger partial charge is 0.369 e. The van der Waals surface area contributed by atoms with Gasteiger partial charge in [-0.25, -0.2) is 0 Å². The number of piperazine rings is 1. The fourth-order valence-electron chi connectivity index (χ4n) is 2.42. The molecule has 5 nitrogen and oxygen atoms in total. The first kappa shape index (κ1) is 13.6. The van der Waals surface area contributed by atoms with Crippen molar-refractivity contribution in [3.8, 4) is 0 Å². The first-order valence-electron chi connectivity index (χ1n) is 6.33. The monoisotopic (exact) mass is 311 g/mol. The molecule has 0 N–H and O–H groups in total. The van der Waals surface area contributed by atoms with Gasteiger partial charge in [0.2, 0.25) is 0 Å². The maximum Gasteiger partial charge on any atom is 0.299 e. The van der Waals surface area contributed by atoms with Crippen LogP contribution in [0.25, 0.3) is 10.9 Å². The Morgan fingerprint density at radius 3 is 2.55 bits per heavy atom. The van der Waals surface area contributed by atoms with Crippen LogP contribution < -0.4 is 4.90 Å². The number of anilines is 1. The van der Waals surface area contributed by atoms with Crippen molar-refractivity contribution >= 4 is 36.5 Å². The summed E-state index contributed by atoms with van der Waals surface area (Å²) >= 11 is 0. The zero-order chi connectivity index (χ0) is 14.2. The molecule has 0 bridgehead atoms. The summed E-state index contributed by atoms with van der Waals surface area (Å²) in [5, 5.41) is 1.10. The van der Waals surface area contributed by atoms with E-state index < -0.39 is 9.24 Å². The Labute approximate surface area is 122 Å². The minimum Gasteiger partial charge on any atom is -0.369 e. The van der Waals surface area contributed by atoms with Gasteiger partial charge in [0.15, 0.2) is 0 Å². The quantitative estimate of drug-likeness (QED) is 0.794. The highest BCUT2D eigenvalue weighted by atomic mass is 35.7. The molecule has 3 rings (SSSR count). The molecule has 0 atom stereocenters. The Bertz CT molecular complexity index is 727. The predicted octanol–water partition coefficient (Wildman–Crippen LogP) is 1.84. The summed E-state index contributed by atoms with van der Waals surface area (Å²) in [5.74, 6) is 0. The lowest BCUT2D eigenvalue weighted by molar-refractivity contribution is 0.393. The molecule has 1 aromatic carbocycles. The number of hydrogen-bond acceptors (Lipinski definition) is 4. The van der Waals surface area contributed by atoms with Gasteiger partial charge in [-0.2, -0.15) is 12.7 Å². The van der Waals surface area contributed by atoms with E-state index in [-0.39, 0.29) is 0 Å². The standard InChI is InChI=1S/C13H14ClN3O2S/c14-20(18,19)17-8-6-16(7-9-17)12-4-3-11-2-1-5-15-13(11)10-12/h1-5,10H,6-9H2. The van der Waals surface area contributed by atoms with Gasteiger partial charge in [-0.1, -0.05) is 12.1 Å². The highest BCUT2D eigenvalue weighted by Gasteiger charge is 2.25. The third-order valence-electron chi connectivity index (χ3n) is 3.50. The Morgan fingerprint density at radius 1 is 1.10 bits per heavy atom. The van der Waals surface area contributed by atoms with Crippen LogP contribution in [0.5, 0.6) is 0 Å². The van der Waals surface area contributed by atoms with Crippen LogP contribution in [0.15, 0.2) is 36.5 Å². The molecule has 106 valence electrons. The van der Waals surface area contributed by atoms with Gasteiger partial charge in [-0.3, -0.25) is 4.98 Å². The molecule has 0 amide bonds. The molecule has 2 aromatic rings. The van der Waals surface area contributed by atoms with E-state index in [1.54, 1.807) is 6.20 Å². The van der Waals surface area contributed by atoms with Crippen molar-refractivity contribution in [2.24, 2.45) is 0 Å². The Kier molecular flexibility index (Phi) is 3.54. The summed E-state index contributed by atoms with van der Waals surface area (Å²) in [6, 6.07) is 10.0. The van der Waals surface area contributed by atoms with Crippen LogP contribution in [-0.4, -0.2) is 43.9 Å². The molecule has 1 aliphatic rings. The van der Waals surface area contributed by atoms with Gasteiger partial charge >= 0.3 is 0 Å². The molecule has 2 heterocycles. The summed E-state index contributed by atoms with van der Waals surface area (Å²) in [4.78, 5) is 6.48. The highest BCUT2D eigenvalue weighted by molar-refractivity contribution is 8.11. The van der Waals surface area contributed by atoms with Crippen molar-refractivity contribution in [2.45, 2.75) is 0 Å². The van der Waals surface area contributed by atoms with E-state index >= 15 is 0 Å². The molecule has 1 fully saturated rings. The molecule has 1 aromatic heterocycles. The fraction of sp³-hybridized carbons (Fsp3) is 0.308. The van der Waals surface area contributed by atoms with E-state index in [2.05, 4.69) is 9.88 Å². The molecule has 1 aliphatic heterocycles. The van der Waals surface area contributed by atoms with Crippen molar-refractivity contribution < 1.29 is 8.42 Å². The van der Waals surface area contributed by atoms with Crippen LogP contribution >= 0.6 is 10.7 Å². The maximum atomic E-state index is 11.3. The molecule has 0 aliphatic carbocycles. The van der Waals surface area contributed by atoms with Gasteiger partial charge in [0, 0.05) is 54.1 Å². The molecular formula is C13H14ClN3O2S. The lowest BCUT2D eigenvalue weighted by Crippen LogP contribution is -2.47. The number of rotatable bonds is 2. The molecule has 0 unspecified atom stereocenters. The predicted molar refractivity (Wildman–Crippen MR) is 80.3 cm³/mol. The zero-order valence-electron chi connectivity index (χ0n) is 10.7. The Balaban J connectivity index is 1.80. The maximum absolute atomic E-state index is 11.3. The van der Waals surface area contributed by atoms with Crippen LogP contribution in [0.4, 0.5) is 5.69 Å². The lowest BCUT2D eigenvalue weighted by Gasteiger charge is -2.34. The first-order chi connectivity index (χ1) is 9.54. The van der Waals surface area contributed by atoms with Crippen LogP contribution in [0.1, 0.15) is 0 Å². The molecule has 20 heavy (non-hydrogen) atoms. The molecule has 0 spiro atoms. The number of hydrogen-bond donors (Lipinski definition) is 0. The number of halogens is 1. The van der Waals surface area contributed by atoms with Gasteiger partial charge < -0.3 is 4.90 Å². The van der Waals surface area contributed by atoms with Crippen molar-refractivity contribution in [3.05, 3.63) is 36.5 Å². The first-order valence-corrected chi connectivity index (χ1v) is 8.60. The van der Waals surface area contributed by atoms with E-state index in [4.69, 9.17) is 10.7 Å². The highest BCUT2D eigenvalue weighted by Crippen LogP contribution is 2.22. The molecule has 7 heteroatoms. The van der Waals surface area contributed by atoms with E-state index in [1.807, 2.05) is 30.3 Å².